The zero-order valence-electron chi connectivity index (χ0n) is 32.8. The second-order valence-corrected chi connectivity index (χ2v) is 14.5. The Morgan fingerprint density at radius 3 is 1.34 bits per heavy atom. The van der Waals surface area contributed by atoms with Crippen molar-refractivity contribution in [1.29, 1.82) is 0 Å². The summed E-state index contributed by atoms with van der Waals surface area (Å²) in [5, 5.41) is 61.7. The number of nitrogens with one attached hydrogen (secondary N) is 2. The molecule has 0 aliphatic heterocycles. The number of non-ortho nitro benzene ring substituents is 2. The van der Waals surface area contributed by atoms with E-state index in [1.54, 1.807) is 6.92 Å². The zero-order chi connectivity index (χ0) is 42.7. The van der Waals surface area contributed by atoms with E-state index in [1.807, 2.05) is 0 Å². The van der Waals surface area contributed by atoms with Crippen molar-refractivity contribution in [3.05, 3.63) is 137 Å². The number of hydrogen-bond donors (Lipinski definition) is 4. The topological polar surface area (TPSA) is 366 Å². The van der Waals surface area contributed by atoms with Gasteiger partial charge in [-0.3, -0.25) is 49.1 Å². The number of benzene rings is 4. The van der Waals surface area contributed by atoms with E-state index in [2.05, 4.69) is 30.7 Å². The number of aryl methyl sites for hydroxylation is 2. The van der Waals surface area contributed by atoms with Crippen LogP contribution in [0.3, 0.4) is 0 Å². The Balaban J connectivity index is 0.000000582. The van der Waals surface area contributed by atoms with Gasteiger partial charge in [0.25, 0.3) is 48.5 Å². The smallest absolute Gasteiger partial charge is 0.871 e. The van der Waals surface area contributed by atoms with Crippen LogP contribution in [0, 0.1) is 34.1 Å². The first-order valence-corrected chi connectivity index (χ1v) is 18.6. The summed E-state index contributed by atoms with van der Waals surface area (Å²) in [7, 11) is -8.74. The average Bonchev–Trinajstić information content (AvgIpc) is 3.61. The monoisotopic (exact) mass is 959 g/mol. The van der Waals surface area contributed by atoms with Crippen molar-refractivity contribution in [2.75, 3.05) is 0 Å². The molecule has 0 bridgehead atoms. The number of aromatic nitrogens is 4. The Bertz CT molecular complexity index is 2810. The van der Waals surface area contributed by atoms with Crippen molar-refractivity contribution in [2.45, 2.75) is 23.6 Å². The number of rotatable bonds is 10. The van der Waals surface area contributed by atoms with Gasteiger partial charge in [-0.25, -0.2) is 9.36 Å². The molecule has 0 amide bonds. The molecule has 0 atom stereocenters. The van der Waals surface area contributed by atoms with Crippen molar-refractivity contribution >= 4 is 54.4 Å². The molecule has 0 radical (unpaired) electrons. The second-order valence-electron chi connectivity index (χ2n) is 11.7. The Labute approximate surface area is 425 Å². The summed E-state index contributed by atoms with van der Waals surface area (Å²) in [4.78, 5) is 44.9. The van der Waals surface area contributed by atoms with Crippen LogP contribution in [-0.4, -0.2) is 60.5 Å². The minimum Gasteiger partial charge on any atom is -0.871 e. The number of nitrogens with zero attached hydrogens (tertiary/aromatic N) is 8. The number of H-pyrrole nitrogens is 2. The number of aromatic amines is 2. The number of azo groups is 2. The van der Waals surface area contributed by atoms with Crippen molar-refractivity contribution in [2.24, 2.45) is 20.5 Å². The molecule has 4 aromatic carbocycles. The van der Waals surface area contributed by atoms with Gasteiger partial charge in [0.1, 0.15) is 0 Å². The summed E-state index contributed by atoms with van der Waals surface area (Å²) in [6.07, 6.45) is 0. The van der Waals surface area contributed by atoms with E-state index < -0.39 is 47.0 Å². The molecule has 2 heterocycles. The van der Waals surface area contributed by atoms with Crippen molar-refractivity contribution in [1.82, 2.24) is 19.6 Å². The third-order valence-electron chi connectivity index (χ3n) is 7.73. The summed E-state index contributed by atoms with van der Waals surface area (Å²) in [6, 6.07) is 16.1. The molecule has 6 aromatic rings. The van der Waals surface area contributed by atoms with Crippen LogP contribution in [-0.2, 0) is 37.6 Å². The predicted octanol–water partition coefficient (Wildman–Crippen LogP) is -4.39. The van der Waals surface area contributed by atoms with Gasteiger partial charge in [-0.15, -0.1) is 15.3 Å². The molecule has 0 unspecified atom stereocenters. The molecule has 306 valence electrons. The van der Waals surface area contributed by atoms with Gasteiger partial charge >= 0.3 is 88.7 Å². The van der Waals surface area contributed by atoms with Gasteiger partial charge in [0.15, 0.2) is 17.1 Å². The standard InChI is InChI=1S/2C16H13N5O7S.Cr.3Na/c2*1-9-15(18-17-13-8-11(21(24)25)4-7-14(13)22)16(23)20(19-9)10-2-5-12(6-3-10)29(26,27)28;;;;/h2*2-8,19,22H,1H3,(H,26,27,28);;;;/q;;;3*+1. The fourth-order valence-electron chi connectivity index (χ4n) is 4.83. The molecule has 0 aliphatic carbocycles. The molecule has 0 fully saturated rings. The first-order valence-electron chi connectivity index (χ1n) is 15.7. The summed E-state index contributed by atoms with van der Waals surface area (Å²) < 4.78 is 64.6. The van der Waals surface area contributed by atoms with Crippen LogP contribution in [0.25, 0.3) is 11.4 Å². The molecule has 6 N–H and O–H groups in total. The van der Waals surface area contributed by atoms with E-state index in [-0.39, 0.29) is 173 Å². The van der Waals surface area contributed by atoms with Crippen molar-refractivity contribution < 1.29 is 152 Å². The second kappa shape index (κ2) is 23.0. The molecular formula is C32H26CrN10Na3O14S2+3. The largest absolute Gasteiger partial charge is 1.00 e. The van der Waals surface area contributed by atoms with Gasteiger partial charge in [0.2, 0.25) is 0 Å². The van der Waals surface area contributed by atoms with Gasteiger partial charge in [-0.1, -0.05) is 11.8 Å². The van der Waals surface area contributed by atoms with Crippen LogP contribution in [0.5, 0.6) is 11.5 Å². The Kier molecular flexibility index (Phi) is 20.7. The minimum absolute atomic E-state index is 0. The first-order chi connectivity index (χ1) is 27.1. The van der Waals surface area contributed by atoms with E-state index in [0.29, 0.717) is 5.69 Å². The van der Waals surface area contributed by atoms with Gasteiger partial charge in [-0.2, -0.15) is 21.9 Å². The van der Waals surface area contributed by atoms with Crippen LogP contribution < -0.4 is 105 Å². The van der Waals surface area contributed by atoms with Crippen LogP contribution >= 0.6 is 0 Å². The van der Waals surface area contributed by atoms with Crippen molar-refractivity contribution in [3.63, 3.8) is 0 Å². The molecule has 2 aromatic heterocycles. The molecule has 62 heavy (non-hydrogen) atoms. The first kappa shape index (κ1) is 55.9. The molecule has 0 saturated heterocycles. The number of nitro benzene ring substituents is 2. The molecule has 0 spiro atoms. The average molecular weight is 960 g/mol. The van der Waals surface area contributed by atoms with E-state index >= 15 is 0 Å². The van der Waals surface area contributed by atoms with Gasteiger partial charge in [-0.05, 0) is 62.4 Å². The van der Waals surface area contributed by atoms with Crippen LogP contribution in [0.2, 0.25) is 0 Å². The molecule has 0 aliphatic rings. The maximum atomic E-state index is 12.6. The molecule has 6 rings (SSSR count). The minimum atomic E-state index is -4.38. The Morgan fingerprint density at radius 2 is 0.968 bits per heavy atom. The molecule has 24 nitrogen and oxygen atoms in total. The van der Waals surface area contributed by atoms with E-state index in [1.165, 1.54) is 37.3 Å². The fraction of sp³-hybridized carbons (Fsp3) is 0.0625. The summed E-state index contributed by atoms with van der Waals surface area (Å²) in [5.74, 6) is -0.706. The van der Waals surface area contributed by atoms with Gasteiger partial charge in [0.05, 0.1) is 54.2 Å². The predicted molar refractivity (Wildman–Crippen MR) is 199 cm³/mol. The third-order valence-corrected chi connectivity index (χ3v) is 9.46. The van der Waals surface area contributed by atoms with Crippen LogP contribution in [0.1, 0.15) is 11.4 Å². The Hall–Kier alpha value is -4.15. The van der Waals surface area contributed by atoms with E-state index in [9.17, 15) is 51.8 Å². The third kappa shape index (κ3) is 13.4. The molecular weight excluding hydrogens is 934 g/mol. The number of nitro groups is 2. The van der Waals surface area contributed by atoms with Gasteiger partial charge < -0.3 is 10.2 Å². The SMILES string of the molecule is Cc1[nH]n(-c2ccc(S(=O)(=O)O)cc2)c(=O)c1N=Nc1cc([N+](=O)[O-])ccc1[O-].Cc1[nH]n(-c2ccc(S(=O)(=O)O)cc2)c(=O)c1N=Nc1cc([N+](=O)[O-])ccc1[OH2+].[Cr].[Na+].[Na+].[Na+]. The summed E-state index contributed by atoms with van der Waals surface area (Å²) in [6.45, 7) is 3.07. The van der Waals surface area contributed by atoms with Crippen LogP contribution in [0.15, 0.2) is 125 Å². The normalized spacial score (nSPS) is 11.0. The van der Waals surface area contributed by atoms with Crippen molar-refractivity contribution in [3.8, 4) is 22.9 Å². The quantitative estimate of drug-likeness (QED) is 0.0252. The summed E-state index contributed by atoms with van der Waals surface area (Å²) in [5.41, 5.74) is -1.33. The van der Waals surface area contributed by atoms with E-state index in [4.69, 9.17) is 14.2 Å². The van der Waals surface area contributed by atoms with Gasteiger partial charge in [0, 0.05) is 41.6 Å². The molecule has 0 saturated carbocycles. The zero-order valence-corrected chi connectivity index (χ0v) is 41.7. The van der Waals surface area contributed by atoms with E-state index in [0.717, 1.165) is 64.0 Å². The maximum Gasteiger partial charge on any atom is 1.00 e. The maximum absolute atomic E-state index is 12.6. The fourth-order valence-corrected chi connectivity index (χ4v) is 5.79. The summed E-state index contributed by atoms with van der Waals surface area (Å²) >= 11 is 0. The Morgan fingerprint density at radius 1 is 0.613 bits per heavy atom. The molecule has 30 heteroatoms. The van der Waals surface area contributed by atoms with Crippen LogP contribution in [0.4, 0.5) is 34.1 Å². The number of hydrogen-bond acceptors (Lipinski definition) is 15.